The highest BCUT2D eigenvalue weighted by molar-refractivity contribution is 7.89. The van der Waals surface area contributed by atoms with E-state index in [0.717, 1.165) is 10.6 Å². The lowest BCUT2D eigenvalue weighted by Crippen LogP contribution is -2.39. The molecule has 0 bridgehead atoms. The molecule has 1 aliphatic rings. The van der Waals surface area contributed by atoms with E-state index in [1.54, 1.807) is 38.1 Å². The van der Waals surface area contributed by atoms with Gasteiger partial charge in [-0.1, -0.05) is 6.07 Å². The van der Waals surface area contributed by atoms with Crippen LogP contribution >= 0.6 is 11.3 Å². The number of nitrogens with one attached hydrogen (secondary N) is 1. The first-order chi connectivity index (χ1) is 13.8. The van der Waals surface area contributed by atoms with Crippen molar-refractivity contribution in [2.24, 2.45) is 0 Å². The van der Waals surface area contributed by atoms with Crippen molar-refractivity contribution >= 4 is 32.4 Å². The topological polar surface area (TPSA) is 123 Å². The lowest BCUT2D eigenvalue weighted by Gasteiger charge is -2.26. The number of rotatable bonds is 5. The Morgan fingerprint density at radius 3 is 2.86 bits per heavy atom. The van der Waals surface area contributed by atoms with Crippen LogP contribution in [0.4, 0.5) is 5.13 Å². The Bertz CT molecular complexity index is 1140. The largest absolute Gasteiger partial charge is 0.298 e. The van der Waals surface area contributed by atoms with Crippen LogP contribution in [0, 0.1) is 0 Å². The van der Waals surface area contributed by atoms with Crippen molar-refractivity contribution < 1.29 is 13.2 Å². The van der Waals surface area contributed by atoms with Crippen molar-refractivity contribution in [1.29, 1.82) is 0 Å². The maximum Gasteiger partial charge on any atom is 0.257 e. The summed E-state index contributed by atoms with van der Waals surface area (Å²) in [6.45, 7) is 4.04. The fraction of sp³-hybridized carbons (Fsp3) is 0.353. The molecule has 0 aliphatic carbocycles. The van der Waals surface area contributed by atoms with Gasteiger partial charge in [-0.15, -0.1) is 16.4 Å². The molecule has 0 unspecified atom stereocenters. The number of tetrazole rings is 1. The Morgan fingerprint density at radius 2 is 2.14 bits per heavy atom. The zero-order valence-electron chi connectivity index (χ0n) is 15.8. The van der Waals surface area contributed by atoms with Gasteiger partial charge in [-0.05, 0) is 42.5 Å². The van der Waals surface area contributed by atoms with E-state index in [0.29, 0.717) is 29.3 Å². The van der Waals surface area contributed by atoms with Crippen LogP contribution < -0.4 is 5.32 Å². The highest BCUT2D eigenvalue weighted by atomic mass is 32.2. The molecule has 4 rings (SSSR count). The summed E-state index contributed by atoms with van der Waals surface area (Å²) >= 11 is 1.31. The fourth-order valence-electron chi connectivity index (χ4n) is 2.98. The van der Waals surface area contributed by atoms with Crippen molar-refractivity contribution in [2.75, 3.05) is 11.9 Å². The van der Waals surface area contributed by atoms with E-state index in [1.807, 2.05) is 0 Å². The molecule has 10 nitrogen and oxygen atoms in total. The number of fused-ring (bicyclic) bond motifs is 1. The number of benzene rings is 1. The van der Waals surface area contributed by atoms with Crippen LogP contribution in [0.25, 0.3) is 5.69 Å². The van der Waals surface area contributed by atoms with Gasteiger partial charge in [-0.2, -0.15) is 4.31 Å². The first-order valence-corrected chi connectivity index (χ1v) is 11.3. The molecule has 0 spiro atoms. The summed E-state index contributed by atoms with van der Waals surface area (Å²) in [6, 6.07) is 6.90. The predicted octanol–water partition coefficient (Wildman–Crippen LogP) is 1.47. The SMILES string of the molecule is CC(C)S(=O)(=O)N1CCc2nc(NC(=O)c3cccc(-n4cnnn4)c3)sc2C1. The molecule has 1 N–H and O–H groups in total. The number of hydrogen-bond donors (Lipinski definition) is 1. The minimum atomic E-state index is -3.32. The van der Waals surface area contributed by atoms with Crippen molar-refractivity contribution in [2.45, 2.75) is 32.1 Å². The van der Waals surface area contributed by atoms with E-state index >= 15 is 0 Å². The first kappa shape index (κ1) is 19.6. The number of sulfonamides is 1. The van der Waals surface area contributed by atoms with Gasteiger partial charge in [0.2, 0.25) is 10.0 Å². The van der Waals surface area contributed by atoms with Gasteiger partial charge < -0.3 is 0 Å². The predicted molar refractivity (Wildman–Crippen MR) is 107 cm³/mol. The molecule has 152 valence electrons. The minimum Gasteiger partial charge on any atom is -0.298 e. The smallest absolute Gasteiger partial charge is 0.257 e. The van der Waals surface area contributed by atoms with Crippen LogP contribution in [-0.2, 0) is 23.0 Å². The molecule has 0 saturated carbocycles. The zero-order chi connectivity index (χ0) is 20.6. The molecule has 0 radical (unpaired) electrons. The number of amides is 1. The van der Waals surface area contributed by atoms with Crippen LogP contribution in [-0.4, -0.2) is 55.6 Å². The van der Waals surface area contributed by atoms with Gasteiger partial charge in [0.1, 0.15) is 6.33 Å². The van der Waals surface area contributed by atoms with Crippen LogP contribution in [0.2, 0.25) is 0 Å². The van der Waals surface area contributed by atoms with Crippen LogP contribution in [0.1, 0.15) is 34.8 Å². The summed E-state index contributed by atoms with van der Waals surface area (Å²) in [5.41, 5.74) is 1.94. The zero-order valence-corrected chi connectivity index (χ0v) is 17.4. The second kappa shape index (κ2) is 7.61. The Hall–Kier alpha value is -2.70. The quantitative estimate of drug-likeness (QED) is 0.646. The summed E-state index contributed by atoms with van der Waals surface area (Å²) in [4.78, 5) is 18.0. The lowest BCUT2D eigenvalue weighted by atomic mass is 10.2. The van der Waals surface area contributed by atoms with Crippen LogP contribution in [0.15, 0.2) is 30.6 Å². The molecular formula is C17H19N7O3S2. The van der Waals surface area contributed by atoms with E-state index in [1.165, 1.54) is 26.7 Å². The fourth-order valence-corrected chi connectivity index (χ4v) is 5.33. The molecule has 2 aromatic heterocycles. The van der Waals surface area contributed by atoms with Gasteiger partial charge in [0.15, 0.2) is 5.13 Å². The molecule has 0 saturated heterocycles. The molecule has 29 heavy (non-hydrogen) atoms. The summed E-state index contributed by atoms with van der Waals surface area (Å²) in [6.07, 6.45) is 1.98. The summed E-state index contributed by atoms with van der Waals surface area (Å²) in [5, 5.41) is 13.8. The molecule has 0 atom stereocenters. The monoisotopic (exact) mass is 433 g/mol. The highest BCUT2D eigenvalue weighted by Crippen LogP contribution is 2.30. The van der Waals surface area contributed by atoms with Gasteiger partial charge >= 0.3 is 0 Å². The van der Waals surface area contributed by atoms with E-state index in [-0.39, 0.29) is 12.5 Å². The van der Waals surface area contributed by atoms with Crippen molar-refractivity contribution in [1.82, 2.24) is 29.5 Å². The van der Waals surface area contributed by atoms with Gasteiger partial charge in [0.05, 0.1) is 16.6 Å². The third-order valence-electron chi connectivity index (χ3n) is 4.59. The second-order valence-corrected chi connectivity index (χ2v) is 10.4. The molecule has 1 aliphatic heterocycles. The van der Waals surface area contributed by atoms with E-state index in [4.69, 9.17) is 0 Å². The third-order valence-corrected chi connectivity index (χ3v) is 7.81. The molecular weight excluding hydrogens is 414 g/mol. The summed E-state index contributed by atoms with van der Waals surface area (Å²) < 4.78 is 27.8. The number of anilines is 1. The second-order valence-electron chi connectivity index (χ2n) is 6.82. The van der Waals surface area contributed by atoms with Crippen molar-refractivity contribution in [3.63, 3.8) is 0 Å². The summed E-state index contributed by atoms with van der Waals surface area (Å²) in [7, 11) is -3.32. The lowest BCUT2D eigenvalue weighted by molar-refractivity contribution is 0.102. The average Bonchev–Trinajstić information content (AvgIpc) is 3.36. The normalized spacial score (nSPS) is 14.7. The molecule has 12 heteroatoms. The third kappa shape index (κ3) is 3.91. The first-order valence-electron chi connectivity index (χ1n) is 8.97. The van der Waals surface area contributed by atoms with Gasteiger partial charge in [-0.25, -0.2) is 18.1 Å². The molecule has 1 aromatic carbocycles. The molecule has 0 fully saturated rings. The molecule has 3 heterocycles. The number of hydrogen-bond acceptors (Lipinski definition) is 8. The number of carbonyl (C=O) groups is 1. The molecule has 3 aromatic rings. The van der Waals surface area contributed by atoms with Gasteiger partial charge in [0.25, 0.3) is 5.91 Å². The summed E-state index contributed by atoms with van der Waals surface area (Å²) in [5.74, 6) is -0.308. The highest BCUT2D eigenvalue weighted by Gasteiger charge is 2.31. The number of nitrogens with zero attached hydrogens (tertiary/aromatic N) is 6. The van der Waals surface area contributed by atoms with Crippen molar-refractivity contribution in [3.05, 3.63) is 46.7 Å². The van der Waals surface area contributed by atoms with Crippen molar-refractivity contribution in [3.8, 4) is 5.69 Å². The Labute approximate surface area is 171 Å². The number of aromatic nitrogens is 5. The van der Waals surface area contributed by atoms with Crippen LogP contribution in [0.5, 0.6) is 0 Å². The van der Waals surface area contributed by atoms with Crippen LogP contribution in [0.3, 0.4) is 0 Å². The Kier molecular flexibility index (Phi) is 5.15. The van der Waals surface area contributed by atoms with Gasteiger partial charge in [-0.3, -0.25) is 10.1 Å². The minimum absolute atomic E-state index is 0.290. The number of thiazole rings is 1. The standard InChI is InChI=1S/C17H19N7O3S2/c1-11(2)29(26,27)23-7-6-14-15(9-23)28-17(19-14)20-16(25)12-4-3-5-13(8-12)24-10-18-21-22-24/h3-5,8,10-11H,6-7,9H2,1-2H3,(H,19,20,25). The van der Waals surface area contributed by atoms with E-state index in [2.05, 4.69) is 25.8 Å². The van der Waals surface area contributed by atoms with Gasteiger partial charge in [0, 0.05) is 30.0 Å². The average molecular weight is 434 g/mol. The molecule has 1 amide bonds. The van der Waals surface area contributed by atoms with E-state index < -0.39 is 15.3 Å². The maximum absolute atomic E-state index is 12.6. The maximum atomic E-state index is 12.6. The Balaban J connectivity index is 1.50. The Morgan fingerprint density at radius 1 is 1.31 bits per heavy atom. The van der Waals surface area contributed by atoms with E-state index in [9.17, 15) is 13.2 Å². The number of carbonyl (C=O) groups excluding carboxylic acids is 1.